The quantitative estimate of drug-likeness (QED) is 0.414. The maximum atomic E-state index is 12.9. The highest BCUT2D eigenvalue weighted by Crippen LogP contribution is 2.31. The minimum absolute atomic E-state index is 0.0344. The van der Waals surface area contributed by atoms with Crippen molar-refractivity contribution in [2.24, 2.45) is 4.99 Å². The van der Waals surface area contributed by atoms with Crippen LogP contribution in [0.25, 0.3) is 0 Å². The standard InChI is InChI=1S/C21H21N3O5S/c1-3-22-21(23-14-5-4-6-16(11-14)29-2)30-17-12-18(25)24(19(17)26)15-9-7-13(8-10-15)20(27)28/h4-11,17H,3,12H2,1-2H3,(H,22,23)(H,27,28). The second kappa shape index (κ2) is 9.45. The van der Waals surface area contributed by atoms with E-state index in [9.17, 15) is 14.4 Å². The van der Waals surface area contributed by atoms with Crippen LogP contribution in [-0.2, 0) is 9.59 Å². The Labute approximate surface area is 177 Å². The molecule has 0 aliphatic carbocycles. The molecule has 0 aromatic heterocycles. The number of rotatable bonds is 6. The maximum absolute atomic E-state index is 12.9. The number of thioether (sulfide) groups is 1. The first-order chi connectivity index (χ1) is 14.4. The Morgan fingerprint density at radius 1 is 1.27 bits per heavy atom. The van der Waals surface area contributed by atoms with Crippen LogP contribution in [0.5, 0.6) is 5.75 Å². The molecule has 2 aromatic rings. The van der Waals surface area contributed by atoms with Crippen molar-refractivity contribution >= 4 is 46.1 Å². The predicted molar refractivity (Wildman–Crippen MR) is 116 cm³/mol. The monoisotopic (exact) mass is 427 g/mol. The van der Waals surface area contributed by atoms with Crippen LogP contribution in [-0.4, -0.2) is 47.0 Å². The van der Waals surface area contributed by atoms with Crippen LogP contribution in [0.15, 0.2) is 53.5 Å². The minimum atomic E-state index is -1.07. The Morgan fingerprint density at radius 3 is 2.63 bits per heavy atom. The molecule has 3 rings (SSSR count). The van der Waals surface area contributed by atoms with E-state index in [4.69, 9.17) is 9.84 Å². The van der Waals surface area contributed by atoms with E-state index >= 15 is 0 Å². The molecule has 156 valence electrons. The number of amides is 2. The first kappa shape index (κ1) is 21.4. The van der Waals surface area contributed by atoms with E-state index in [0.29, 0.717) is 23.1 Å². The Bertz CT molecular complexity index is 990. The number of imide groups is 1. The molecule has 0 bridgehead atoms. The lowest BCUT2D eigenvalue weighted by molar-refractivity contribution is -0.121. The fraction of sp³-hybridized carbons (Fsp3) is 0.238. The first-order valence-electron chi connectivity index (χ1n) is 9.25. The summed E-state index contributed by atoms with van der Waals surface area (Å²) >= 11 is 1.20. The summed E-state index contributed by atoms with van der Waals surface area (Å²) in [6.45, 7) is 2.39. The number of benzene rings is 2. The van der Waals surface area contributed by atoms with Crippen LogP contribution in [0.3, 0.4) is 0 Å². The van der Waals surface area contributed by atoms with Crippen molar-refractivity contribution in [2.75, 3.05) is 23.9 Å². The zero-order chi connectivity index (χ0) is 21.7. The second-order valence-electron chi connectivity index (χ2n) is 6.37. The SMILES string of the molecule is CCN=C(Nc1cccc(OC)c1)SC1CC(=O)N(c2ccc(C(=O)O)cc2)C1=O. The summed E-state index contributed by atoms with van der Waals surface area (Å²) < 4.78 is 5.22. The Hall–Kier alpha value is -3.33. The van der Waals surface area contributed by atoms with Crippen LogP contribution < -0.4 is 15.0 Å². The number of ether oxygens (including phenoxy) is 1. The number of anilines is 2. The smallest absolute Gasteiger partial charge is 0.335 e. The average Bonchev–Trinajstić information content (AvgIpc) is 3.01. The molecule has 8 nitrogen and oxygen atoms in total. The molecular formula is C21H21N3O5S. The van der Waals surface area contributed by atoms with Crippen molar-refractivity contribution in [3.05, 3.63) is 54.1 Å². The van der Waals surface area contributed by atoms with Crippen molar-refractivity contribution in [3.8, 4) is 5.75 Å². The molecule has 1 aliphatic heterocycles. The molecule has 2 N–H and O–H groups in total. The molecule has 2 aromatic carbocycles. The van der Waals surface area contributed by atoms with E-state index in [0.717, 1.165) is 10.6 Å². The van der Waals surface area contributed by atoms with Gasteiger partial charge in [-0.15, -0.1) is 0 Å². The molecule has 0 spiro atoms. The minimum Gasteiger partial charge on any atom is -0.497 e. The van der Waals surface area contributed by atoms with Crippen LogP contribution in [0.4, 0.5) is 11.4 Å². The van der Waals surface area contributed by atoms with Gasteiger partial charge in [-0.05, 0) is 43.3 Å². The van der Waals surface area contributed by atoms with Gasteiger partial charge >= 0.3 is 5.97 Å². The van der Waals surface area contributed by atoms with Gasteiger partial charge in [0, 0.05) is 24.7 Å². The summed E-state index contributed by atoms with van der Waals surface area (Å²) in [5, 5.41) is 12.1. The van der Waals surface area contributed by atoms with Crippen molar-refractivity contribution in [1.82, 2.24) is 0 Å². The van der Waals surface area contributed by atoms with Crippen LogP contribution in [0.2, 0.25) is 0 Å². The van der Waals surface area contributed by atoms with Crippen LogP contribution >= 0.6 is 11.8 Å². The molecule has 30 heavy (non-hydrogen) atoms. The molecule has 1 unspecified atom stereocenters. The van der Waals surface area contributed by atoms with E-state index in [2.05, 4.69) is 10.3 Å². The number of aliphatic imine (C=N–C) groups is 1. The van der Waals surface area contributed by atoms with Gasteiger partial charge in [-0.1, -0.05) is 17.8 Å². The summed E-state index contributed by atoms with van der Waals surface area (Å²) in [4.78, 5) is 41.9. The lowest BCUT2D eigenvalue weighted by Gasteiger charge is -2.16. The third-order valence-electron chi connectivity index (χ3n) is 4.35. The highest BCUT2D eigenvalue weighted by molar-refractivity contribution is 8.15. The third kappa shape index (κ3) is 4.80. The number of carboxylic acids is 1. The summed E-state index contributed by atoms with van der Waals surface area (Å²) in [5.74, 6) is -1.08. The van der Waals surface area contributed by atoms with Gasteiger partial charge in [0.15, 0.2) is 5.17 Å². The van der Waals surface area contributed by atoms with Crippen molar-refractivity contribution in [2.45, 2.75) is 18.6 Å². The normalized spacial score (nSPS) is 16.7. The first-order valence-corrected chi connectivity index (χ1v) is 10.1. The van der Waals surface area contributed by atoms with Crippen LogP contribution in [0, 0.1) is 0 Å². The number of carboxylic acid groups (broad SMARTS) is 1. The van der Waals surface area contributed by atoms with Gasteiger partial charge in [-0.3, -0.25) is 14.6 Å². The summed E-state index contributed by atoms with van der Waals surface area (Å²) in [6, 6.07) is 13.0. The lowest BCUT2D eigenvalue weighted by atomic mass is 10.2. The topological polar surface area (TPSA) is 108 Å². The van der Waals surface area contributed by atoms with Gasteiger partial charge in [0.25, 0.3) is 0 Å². The van der Waals surface area contributed by atoms with Crippen molar-refractivity contribution in [3.63, 3.8) is 0 Å². The van der Waals surface area contributed by atoms with Gasteiger partial charge in [0.05, 0.1) is 18.4 Å². The number of carbonyl (C=O) groups excluding carboxylic acids is 2. The second-order valence-corrected chi connectivity index (χ2v) is 7.56. The maximum Gasteiger partial charge on any atom is 0.335 e. The summed E-state index contributed by atoms with van der Waals surface area (Å²) in [7, 11) is 1.58. The molecule has 1 fully saturated rings. The number of nitrogens with zero attached hydrogens (tertiary/aromatic N) is 2. The number of hydrogen-bond donors (Lipinski definition) is 2. The fourth-order valence-corrected chi connectivity index (χ4v) is 4.01. The van der Waals surface area contributed by atoms with Gasteiger partial charge < -0.3 is 15.2 Å². The molecule has 1 heterocycles. The molecule has 0 radical (unpaired) electrons. The van der Waals surface area contributed by atoms with E-state index in [1.165, 1.54) is 36.0 Å². The lowest BCUT2D eigenvalue weighted by Crippen LogP contribution is -2.31. The van der Waals surface area contributed by atoms with Gasteiger partial charge in [0.2, 0.25) is 11.8 Å². The number of methoxy groups -OCH3 is 1. The number of carbonyl (C=O) groups is 3. The van der Waals surface area contributed by atoms with E-state index in [1.54, 1.807) is 7.11 Å². The summed E-state index contributed by atoms with van der Waals surface area (Å²) in [6.07, 6.45) is 0.0344. The molecule has 2 amide bonds. The highest BCUT2D eigenvalue weighted by atomic mass is 32.2. The van der Waals surface area contributed by atoms with Gasteiger partial charge in [-0.25, -0.2) is 9.69 Å². The molecule has 1 saturated heterocycles. The van der Waals surface area contributed by atoms with Crippen LogP contribution in [0.1, 0.15) is 23.7 Å². The number of nitrogens with one attached hydrogen (secondary N) is 1. The Kier molecular flexibility index (Phi) is 6.73. The van der Waals surface area contributed by atoms with Crippen molar-refractivity contribution in [1.29, 1.82) is 0 Å². The molecule has 9 heteroatoms. The molecule has 1 atom stereocenters. The molecule has 1 aliphatic rings. The highest BCUT2D eigenvalue weighted by Gasteiger charge is 2.40. The Balaban J connectivity index is 1.74. The average molecular weight is 427 g/mol. The Morgan fingerprint density at radius 2 is 2.00 bits per heavy atom. The van der Waals surface area contributed by atoms with E-state index in [-0.39, 0.29) is 23.8 Å². The number of amidine groups is 1. The van der Waals surface area contributed by atoms with Gasteiger partial charge in [0.1, 0.15) is 11.0 Å². The third-order valence-corrected chi connectivity index (χ3v) is 5.46. The van der Waals surface area contributed by atoms with E-state index in [1.807, 2.05) is 31.2 Å². The largest absolute Gasteiger partial charge is 0.497 e. The predicted octanol–water partition coefficient (Wildman–Crippen LogP) is 3.25. The zero-order valence-electron chi connectivity index (χ0n) is 16.5. The van der Waals surface area contributed by atoms with Crippen molar-refractivity contribution < 1.29 is 24.2 Å². The zero-order valence-corrected chi connectivity index (χ0v) is 17.3. The van der Waals surface area contributed by atoms with Gasteiger partial charge in [-0.2, -0.15) is 0 Å². The molecule has 0 saturated carbocycles. The number of aromatic carboxylic acids is 1. The number of hydrogen-bond acceptors (Lipinski definition) is 6. The molecular weight excluding hydrogens is 406 g/mol. The van der Waals surface area contributed by atoms with E-state index < -0.39 is 11.2 Å². The fourth-order valence-electron chi connectivity index (χ4n) is 2.93. The summed E-state index contributed by atoms with van der Waals surface area (Å²) in [5.41, 5.74) is 1.20.